The largest absolute Gasteiger partial charge is 1.00 e. The van der Waals surface area contributed by atoms with Crippen molar-refractivity contribution in [2.75, 3.05) is 26.2 Å². The predicted molar refractivity (Wildman–Crippen MR) is 48.6 cm³/mol. The maximum absolute atomic E-state index is 5.46. The smallest absolute Gasteiger partial charge is 0.000672 e. The van der Waals surface area contributed by atoms with Crippen LogP contribution < -0.4 is 30.5 Å². The Morgan fingerprint density at radius 3 is 1.92 bits per heavy atom. The molecule has 0 aromatic carbocycles. The zero-order valence-electron chi connectivity index (χ0n) is 8.14. The number of nitrogens with zero attached hydrogens (tertiary/aromatic N) is 1. The Morgan fingerprint density at radius 2 is 1.46 bits per heavy atom. The number of likely N-dealkylation sites (tertiary alicyclic amines) is 1. The molecule has 0 bridgehead atoms. The Balaban J connectivity index is 0. The van der Waals surface area contributed by atoms with E-state index in [4.69, 9.17) is 5.73 Å². The van der Waals surface area contributed by atoms with E-state index < -0.39 is 0 Å². The third-order valence-corrected chi connectivity index (χ3v) is 2.38. The molecular formula is C9H20Cl2N2-2. The van der Waals surface area contributed by atoms with E-state index in [9.17, 15) is 0 Å². The van der Waals surface area contributed by atoms with E-state index in [0.29, 0.717) is 0 Å². The lowest BCUT2D eigenvalue weighted by Gasteiger charge is -2.18. The summed E-state index contributed by atoms with van der Waals surface area (Å²) >= 11 is 0. The molecule has 1 aliphatic heterocycles. The molecule has 2 N–H and O–H groups in total. The highest BCUT2D eigenvalue weighted by atomic mass is 35.5. The van der Waals surface area contributed by atoms with Gasteiger partial charge < -0.3 is 35.4 Å². The lowest BCUT2D eigenvalue weighted by molar-refractivity contribution is -0.00100. The van der Waals surface area contributed by atoms with Crippen LogP contribution in [0.1, 0.15) is 32.1 Å². The van der Waals surface area contributed by atoms with Crippen molar-refractivity contribution in [1.82, 2.24) is 4.90 Å². The van der Waals surface area contributed by atoms with Gasteiger partial charge in [0.15, 0.2) is 0 Å². The molecule has 0 aromatic heterocycles. The second-order valence-electron chi connectivity index (χ2n) is 3.40. The number of hydrogen-bond acceptors (Lipinski definition) is 2. The molecule has 0 amide bonds. The van der Waals surface area contributed by atoms with E-state index in [0.717, 1.165) is 6.54 Å². The molecule has 0 aromatic rings. The average Bonchev–Trinajstić information content (AvgIpc) is 2.28. The van der Waals surface area contributed by atoms with Crippen LogP contribution >= 0.6 is 0 Å². The van der Waals surface area contributed by atoms with Gasteiger partial charge in [-0.1, -0.05) is 12.8 Å². The van der Waals surface area contributed by atoms with Gasteiger partial charge in [-0.25, -0.2) is 0 Å². The second kappa shape index (κ2) is 10.6. The van der Waals surface area contributed by atoms with E-state index >= 15 is 0 Å². The topological polar surface area (TPSA) is 29.3 Å². The van der Waals surface area contributed by atoms with Crippen molar-refractivity contribution in [1.29, 1.82) is 0 Å². The van der Waals surface area contributed by atoms with Crippen molar-refractivity contribution in [2.24, 2.45) is 5.73 Å². The van der Waals surface area contributed by atoms with E-state index in [1.165, 1.54) is 51.7 Å². The molecule has 2 nitrogen and oxygen atoms in total. The first-order valence-electron chi connectivity index (χ1n) is 4.86. The van der Waals surface area contributed by atoms with Crippen LogP contribution in [0.4, 0.5) is 0 Å². The highest BCUT2D eigenvalue weighted by Gasteiger charge is 2.06. The summed E-state index contributed by atoms with van der Waals surface area (Å²) in [5.74, 6) is 0. The molecular weight excluding hydrogens is 207 g/mol. The molecule has 13 heavy (non-hydrogen) atoms. The van der Waals surface area contributed by atoms with Gasteiger partial charge in [0.05, 0.1) is 0 Å². The van der Waals surface area contributed by atoms with E-state index in [2.05, 4.69) is 4.90 Å². The van der Waals surface area contributed by atoms with Crippen molar-refractivity contribution < 1.29 is 24.8 Å². The standard InChI is InChI=1S/C9H20N2.2ClH/c10-6-5-9-11-7-3-1-2-4-8-11;;/h1-10H2;2*1H/p-2. The molecule has 0 saturated carbocycles. The zero-order valence-corrected chi connectivity index (χ0v) is 9.66. The molecule has 0 atom stereocenters. The summed E-state index contributed by atoms with van der Waals surface area (Å²) in [5, 5.41) is 0. The first kappa shape index (κ1) is 15.9. The number of hydrogen-bond donors (Lipinski definition) is 1. The fourth-order valence-corrected chi connectivity index (χ4v) is 1.67. The minimum Gasteiger partial charge on any atom is -1.00 e. The molecule has 1 heterocycles. The molecule has 1 aliphatic rings. The maximum atomic E-state index is 5.46. The first-order valence-corrected chi connectivity index (χ1v) is 4.86. The minimum atomic E-state index is 0. The normalized spacial score (nSPS) is 18.2. The summed E-state index contributed by atoms with van der Waals surface area (Å²) in [5.41, 5.74) is 5.46. The fourth-order valence-electron chi connectivity index (χ4n) is 1.67. The first-order chi connectivity index (χ1) is 5.43. The van der Waals surface area contributed by atoms with Gasteiger partial charge in [0.1, 0.15) is 0 Å². The highest BCUT2D eigenvalue weighted by molar-refractivity contribution is 4.62. The van der Waals surface area contributed by atoms with Crippen LogP contribution in [0.2, 0.25) is 0 Å². The molecule has 0 aliphatic carbocycles. The van der Waals surface area contributed by atoms with Crippen LogP contribution in [-0.4, -0.2) is 31.1 Å². The van der Waals surface area contributed by atoms with Crippen molar-refractivity contribution in [3.63, 3.8) is 0 Å². The molecule has 1 rings (SSSR count). The summed E-state index contributed by atoms with van der Waals surface area (Å²) in [6.45, 7) is 4.67. The maximum Gasteiger partial charge on any atom is -0.000672 e. The van der Waals surface area contributed by atoms with Gasteiger partial charge in [0.25, 0.3) is 0 Å². The zero-order chi connectivity index (χ0) is 7.94. The Bertz CT molecular complexity index is 93.6. The van der Waals surface area contributed by atoms with Gasteiger partial charge in [-0.2, -0.15) is 0 Å². The number of rotatable bonds is 3. The highest BCUT2D eigenvalue weighted by Crippen LogP contribution is 2.09. The quantitative estimate of drug-likeness (QED) is 0.524. The Morgan fingerprint density at radius 1 is 0.923 bits per heavy atom. The second-order valence-corrected chi connectivity index (χ2v) is 3.40. The van der Waals surface area contributed by atoms with Gasteiger partial charge in [-0.15, -0.1) is 0 Å². The van der Waals surface area contributed by atoms with Crippen molar-refractivity contribution in [3.05, 3.63) is 0 Å². The monoisotopic (exact) mass is 226 g/mol. The van der Waals surface area contributed by atoms with Crippen molar-refractivity contribution in [2.45, 2.75) is 32.1 Å². The van der Waals surface area contributed by atoms with E-state index in [-0.39, 0.29) is 24.8 Å². The van der Waals surface area contributed by atoms with Crippen LogP contribution in [0.3, 0.4) is 0 Å². The lowest BCUT2D eigenvalue weighted by atomic mass is 10.2. The summed E-state index contributed by atoms with van der Waals surface area (Å²) in [7, 11) is 0. The summed E-state index contributed by atoms with van der Waals surface area (Å²) in [6, 6.07) is 0. The molecule has 0 spiro atoms. The van der Waals surface area contributed by atoms with Gasteiger partial charge in [0.2, 0.25) is 0 Å². The molecule has 0 unspecified atom stereocenters. The Hall–Kier alpha value is 0.500. The van der Waals surface area contributed by atoms with Gasteiger partial charge in [-0.3, -0.25) is 0 Å². The Labute approximate surface area is 94.1 Å². The van der Waals surface area contributed by atoms with E-state index in [1.54, 1.807) is 0 Å². The molecule has 4 heteroatoms. The summed E-state index contributed by atoms with van der Waals surface area (Å²) in [6.07, 6.45) is 6.81. The van der Waals surface area contributed by atoms with Crippen LogP contribution in [0.5, 0.6) is 0 Å². The fraction of sp³-hybridized carbons (Fsp3) is 1.00. The average molecular weight is 227 g/mol. The Kier molecular flexibility index (Phi) is 13.0. The lowest BCUT2D eigenvalue weighted by Crippen LogP contribution is -3.00. The predicted octanol–water partition coefficient (Wildman–Crippen LogP) is -4.78. The molecule has 1 fully saturated rings. The molecule has 82 valence electrons. The third-order valence-electron chi connectivity index (χ3n) is 2.38. The van der Waals surface area contributed by atoms with Crippen LogP contribution in [0.25, 0.3) is 0 Å². The van der Waals surface area contributed by atoms with Crippen LogP contribution in [0, 0.1) is 0 Å². The number of nitrogens with two attached hydrogens (primary N) is 1. The van der Waals surface area contributed by atoms with Gasteiger partial charge in [-0.05, 0) is 45.4 Å². The van der Waals surface area contributed by atoms with Crippen molar-refractivity contribution in [3.8, 4) is 0 Å². The molecule has 1 saturated heterocycles. The summed E-state index contributed by atoms with van der Waals surface area (Å²) < 4.78 is 0. The van der Waals surface area contributed by atoms with Gasteiger partial charge in [0, 0.05) is 0 Å². The van der Waals surface area contributed by atoms with Gasteiger partial charge >= 0.3 is 0 Å². The third kappa shape index (κ3) is 7.56. The summed E-state index contributed by atoms with van der Waals surface area (Å²) in [4.78, 5) is 2.56. The van der Waals surface area contributed by atoms with E-state index in [1.807, 2.05) is 0 Å². The SMILES string of the molecule is NCCCN1CCCCCC1.[Cl-].[Cl-]. The number of halogens is 2. The minimum absolute atomic E-state index is 0. The van der Waals surface area contributed by atoms with Crippen LogP contribution in [0.15, 0.2) is 0 Å². The van der Waals surface area contributed by atoms with Crippen molar-refractivity contribution >= 4 is 0 Å². The molecule has 0 radical (unpaired) electrons. The van der Waals surface area contributed by atoms with Crippen LogP contribution in [-0.2, 0) is 0 Å².